The Morgan fingerprint density at radius 1 is 1.43 bits per heavy atom. The normalized spacial score (nSPS) is 41.0. The summed E-state index contributed by atoms with van der Waals surface area (Å²) in [7, 11) is -2.95. The summed E-state index contributed by atoms with van der Waals surface area (Å²) in [6.45, 7) is -0.577. The van der Waals surface area contributed by atoms with Crippen molar-refractivity contribution in [2.75, 3.05) is 6.61 Å². The van der Waals surface area contributed by atoms with Gasteiger partial charge in [0.1, 0.15) is 0 Å². The predicted molar refractivity (Wildman–Crippen MR) is 67.8 cm³/mol. The molecule has 1 heterocycles. The van der Waals surface area contributed by atoms with Crippen LogP contribution in [0.2, 0.25) is 0 Å². The van der Waals surface area contributed by atoms with Crippen molar-refractivity contribution in [3.8, 4) is 0 Å². The Bertz CT molecular complexity index is 267. The summed E-state index contributed by atoms with van der Waals surface area (Å²) in [6.07, 6.45) is 0. The first-order valence-corrected chi connectivity index (χ1v) is 10.7. The number of halogens is 5. The van der Waals surface area contributed by atoms with Gasteiger partial charge in [-0.2, -0.15) is 4.52 Å². The molecule has 0 saturated heterocycles. The van der Waals surface area contributed by atoms with Gasteiger partial charge in [-0.3, -0.25) is 0 Å². The van der Waals surface area contributed by atoms with E-state index in [0.29, 0.717) is 6.61 Å². The third-order valence-corrected chi connectivity index (χ3v) is 14.0. The topological polar surface area (TPSA) is 28.1 Å². The van der Waals surface area contributed by atoms with Crippen molar-refractivity contribution >= 4 is 79.2 Å². The Balaban J connectivity index is 2.99. The SMILES string of the molecule is CCOP1(Cl)=NP(Cl)N(Cl)P(Cl)N1Cl. The largest absolute Gasteiger partial charge is 0.320 e. The lowest BCUT2D eigenvalue weighted by molar-refractivity contribution is 0.370. The van der Waals surface area contributed by atoms with Gasteiger partial charge in [0.15, 0.2) is 7.58 Å². The summed E-state index contributed by atoms with van der Waals surface area (Å²) < 4.78 is 11.6. The first kappa shape index (κ1) is 14.5. The summed E-state index contributed by atoms with van der Waals surface area (Å²) in [5.41, 5.74) is 0. The molecule has 1 aliphatic rings. The molecular weight excluding hydrogens is 352 g/mol. The second-order valence-corrected chi connectivity index (χ2v) is 11.8. The molecule has 0 fully saturated rings. The van der Waals surface area contributed by atoms with Gasteiger partial charge in [0.2, 0.25) is 7.58 Å². The fraction of sp³-hybridized carbons (Fsp3) is 1.00. The third-order valence-electron chi connectivity index (χ3n) is 1.09. The Kier molecular flexibility index (Phi) is 6.05. The average Bonchev–Trinajstić information content (AvgIpc) is 2.12. The molecule has 1 aliphatic heterocycles. The highest BCUT2D eigenvalue weighted by Gasteiger charge is 2.43. The van der Waals surface area contributed by atoms with Crippen molar-refractivity contribution in [2.45, 2.75) is 6.92 Å². The van der Waals surface area contributed by atoms with Crippen LogP contribution in [0.15, 0.2) is 4.52 Å². The molecule has 0 N–H and O–H groups in total. The lowest BCUT2D eigenvalue weighted by atomic mass is 10.9. The maximum absolute atomic E-state index is 6.08. The minimum absolute atomic E-state index is 0.381. The maximum atomic E-state index is 6.08. The zero-order chi connectivity index (χ0) is 10.9. The summed E-state index contributed by atoms with van der Waals surface area (Å²) >= 11 is 29.5. The van der Waals surface area contributed by atoms with Gasteiger partial charge < -0.3 is 4.52 Å². The molecule has 3 unspecified atom stereocenters. The van der Waals surface area contributed by atoms with Crippen LogP contribution in [0.5, 0.6) is 0 Å². The zero-order valence-electron chi connectivity index (χ0n) is 6.69. The molecule has 1 rings (SSSR count). The minimum atomic E-state index is -2.74. The van der Waals surface area contributed by atoms with Gasteiger partial charge in [-0.05, 0) is 53.0 Å². The van der Waals surface area contributed by atoms with Crippen LogP contribution in [0.4, 0.5) is 0 Å². The van der Waals surface area contributed by atoms with Gasteiger partial charge in [-0.15, -0.1) is 3.96 Å². The van der Waals surface area contributed by atoms with Gasteiger partial charge in [-0.1, -0.05) is 15.2 Å². The van der Waals surface area contributed by atoms with Gasteiger partial charge in [0.25, 0.3) is 6.78 Å². The van der Waals surface area contributed by atoms with Crippen LogP contribution in [0.3, 0.4) is 0 Å². The Morgan fingerprint density at radius 3 is 2.50 bits per heavy atom. The van der Waals surface area contributed by atoms with Crippen LogP contribution in [0.25, 0.3) is 0 Å². The molecule has 0 aromatic heterocycles. The summed E-state index contributed by atoms with van der Waals surface area (Å²) in [4.78, 5) is 0. The van der Waals surface area contributed by atoms with Gasteiger partial charge >= 0.3 is 0 Å². The molecule has 84 valence electrons. The molecule has 0 spiro atoms. The maximum Gasteiger partial charge on any atom is 0.271 e. The van der Waals surface area contributed by atoms with Crippen molar-refractivity contribution in [1.82, 2.24) is 7.92 Å². The van der Waals surface area contributed by atoms with E-state index in [1.807, 2.05) is 0 Å². The lowest BCUT2D eigenvalue weighted by Crippen LogP contribution is -2.10. The minimum Gasteiger partial charge on any atom is -0.320 e. The van der Waals surface area contributed by atoms with Crippen LogP contribution < -0.4 is 0 Å². The van der Waals surface area contributed by atoms with Crippen LogP contribution >= 0.6 is 79.2 Å². The summed E-state index contributed by atoms with van der Waals surface area (Å²) in [6, 6.07) is 0. The lowest BCUT2D eigenvalue weighted by Gasteiger charge is -2.35. The molecule has 0 amide bonds. The number of hydrogen-bond acceptors (Lipinski definition) is 4. The van der Waals surface area contributed by atoms with Crippen molar-refractivity contribution < 1.29 is 4.52 Å². The fourth-order valence-corrected chi connectivity index (χ4v) is 11.9. The van der Waals surface area contributed by atoms with Gasteiger partial charge in [0.05, 0.1) is 6.61 Å². The number of nitrogens with zero attached hydrogens (tertiary/aromatic N) is 3. The highest BCUT2D eigenvalue weighted by molar-refractivity contribution is 8.06. The highest BCUT2D eigenvalue weighted by atomic mass is 35.7. The fourth-order valence-electron chi connectivity index (χ4n) is 0.608. The van der Waals surface area contributed by atoms with E-state index in [9.17, 15) is 0 Å². The van der Waals surface area contributed by atoms with Gasteiger partial charge in [0, 0.05) is 0 Å². The first-order chi connectivity index (χ1) is 6.42. The van der Waals surface area contributed by atoms with Crippen LogP contribution in [-0.2, 0) is 4.52 Å². The molecule has 4 nitrogen and oxygen atoms in total. The quantitative estimate of drug-likeness (QED) is 0.444. The van der Waals surface area contributed by atoms with Crippen LogP contribution in [0.1, 0.15) is 6.92 Å². The van der Waals surface area contributed by atoms with E-state index in [0.717, 1.165) is 3.96 Å². The van der Waals surface area contributed by atoms with Crippen molar-refractivity contribution in [2.24, 2.45) is 4.52 Å². The summed E-state index contributed by atoms with van der Waals surface area (Å²) in [5.74, 6) is 0. The van der Waals surface area contributed by atoms with Crippen LogP contribution in [-0.4, -0.2) is 14.5 Å². The van der Waals surface area contributed by atoms with Crippen molar-refractivity contribution in [1.29, 1.82) is 0 Å². The van der Waals surface area contributed by atoms with E-state index >= 15 is 0 Å². The van der Waals surface area contributed by atoms with E-state index in [4.69, 9.17) is 61.8 Å². The second kappa shape index (κ2) is 5.85. The van der Waals surface area contributed by atoms with E-state index < -0.39 is 21.9 Å². The molecule has 0 aromatic rings. The zero-order valence-corrected chi connectivity index (χ0v) is 13.2. The van der Waals surface area contributed by atoms with E-state index in [-0.39, 0.29) is 0 Å². The smallest absolute Gasteiger partial charge is 0.271 e. The Labute approximate surface area is 109 Å². The van der Waals surface area contributed by atoms with Gasteiger partial charge in [-0.25, -0.2) is 0 Å². The van der Waals surface area contributed by atoms with Crippen molar-refractivity contribution in [3.63, 3.8) is 0 Å². The van der Waals surface area contributed by atoms with E-state index in [2.05, 4.69) is 4.52 Å². The standard InChI is InChI=1S/C2H5Cl5N3OP3/c1-2-11-14(7)8-12(5)9(3)13(6)10(14)4/h2H2,1H3. The molecule has 12 heteroatoms. The molecule has 0 saturated carbocycles. The van der Waals surface area contributed by atoms with E-state index in [1.165, 1.54) is 3.96 Å². The molecule has 0 bridgehead atoms. The number of rotatable bonds is 2. The Hall–Kier alpha value is 2.42. The molecule has 3 atom stereocenters. The predicted octanol–water partition coefficient (Wildman–Crippen LogP) is 6.06. The third kappa shape index (κ3) is 3.00. The van der Waals surface area contributed by atoms with Crippen LogP contribution in [0, 0.1) is 0 Å². The highest BCUT2D eigenvalue weighted by Crippen LogP contribution is 2.84. The second-order valence-electron chi connectivity index (χ2n) is 1.94. The monoisotopic (exact) mass is 355 g/mol. The molecular formula is C2H5Cl5N3OP3. The first-order valence-electron chi connectivity index (χ1n) is 3.22. The van der Waals surface area contributed by atoms with E-state index in [1.54, 1.807) is 6.92 Å². The van der Waals surface area contributed by atoms with Crippen molar-refractivity contribution in [3.05, 3.63) is 0 Å². The molecule has 0 radical (unpaired) electrons. The molecule has 14 heavy (non-hydrogen) atoms. The number of hydrogen-bond donors (Lipinski definition) is 0. The summed E-state index contributed by atoms with van der Waals surface area (Å²) in [5, 5.41) is 0. The Morgan fingerprint density at radius 2 is 2.00 bits per heavy atom. The average molecular weight is 357 g/mol. The molecule has 0 aliphatic carbocycles. The molecule has 0 aromatic carbocycles.